The molecule has 3 nitrogen and oxygen atoms in total. The summed E-state index contributed by atoms with van der Waals surface area (Å²) < 4.78 is 5.52. The molecule has 0 radical (unpaired) electrons. The first-order chi connectivity index (χ1) is 7.70. The third kappa shape index (κ3) is 2.07. The Kier molecular flexibility index (Phi) is 3.19. The van der Waals surface area contributed by atoms with Crippen LogP contribution >= 0.6 is 15.9 Å². The predicted octanol–water partition coefficient (Wildman–Crippen LogP) is 3.42. The van der Waals surface area contributed by atoms with E-state index in [2.05, 4.69) is 20.9 Å². The van der Waals surface area contributed by atoms with Crippen LogP contribution in [0.5, 0.6) is 0 Å². The molecule has 0 fully saturated rings. The van der Waals surface area contributed by atoms with Crippen LogP contribution < -0.4 is 0 Å². The Bertz CT molecular complexity index is 493. The van der Waals surface area contributed by atoms with Gasteiger partial charge in [-0.05, 0) is 41.1 Å². The standard InChI is InChI=1S/C12H10BrNO2/c1-8(10-4-2-3-6-14-10)11(15)9-5-7-16-12(9)13/h2-8H,1H3. The van der Waals surface area contributed by atoms with Gasteiger partial charge >= 0.3 is 0 Å². The molecular formula is C12H10BrNO2. The van der Waals surface area contributed by atoms with Crippen LogP contribution in [0.15, 0.2) is 45.8 Å². The van der Waals surface area contributed by atoms with Crippen molar-refractivity contribution in [2.45, 2.75) is 12.8 Å². The Morgan fingerprint density at radius 1 is 1.44 bits per heavy atom. The van der Waals surface area contributed by atoms with Crippen LogP contribution in [-0.4, -0.2) is 10.8 Å². The normalized spacial score (nSPS) is 12.4. The minimum Gasteiger partial charge on any atom is -0.457 e. The van der Waals surface area contributed by atoms with E-state index >= 15 is 0 Å². The van der Waals surface area contributed by atoms with Crippen molar-refractivity contribution in [1.29, 1.82) is 0 Å². The molecule has 1 unspecified atom stereocenters. The first-order valence-corrected chi connectivity index (χ1v) is 5.67. The van der Waals surface area contributed by atoms with E-state index in [0.717, 1.165) is 5.69 Å². The zero-order chi connectivity index (χ0) is 11.5. The van der Waals surface area contributed by atoms with Gasteiger partial charge in [-0.2, -0.15) is 0 Å². The molecule has 0 N–H and O–H groups in total. The van der Waals surface area contributed by atoms with E-state index < -0.39 is 0 Å². The van der Waals surface area contributed by atoms with Gasteiger partial charge in [0.25, 0.3) is 0 Å². The van der Waals surface area contributed by atoms with Crippen LogP contribution in [0, 0.1) is 0 Å². The minimum absolute atomic E-state index is 0.000625. The van der Waals surface area contributed by atoms with Gasteiger partial charge < -0.3 is 4.42 Å². The molecule has 2 heterocycles. The molecule has 2 aromatic heterocycles. The number of hydrogen-bond acceptors (Lipinski definition) is 3. The topological polar surface area (TPSA) is 43.1 Å². The fraction of sp³-hybridized carbons (Fsp3) is 0.167. The third-order valence-electron chi connectivity index (χ3n) is 2.41. The summed E-state index contributed by atoms with van der Waals surface area (Å²) in [5.74, 6) is -0.269. The first-order valence-electron chi connectivity index (χ1n) is 4.88. The minimum atomic E-state index is -0.268. The molecule has 0 aromatic carbocycles. The van der Waals surface area contributed by atoms with Crippen LogP contribution in [0.3, 0.4) is 0 Å². The fourth-order valence-electron chi connectivity index (χ4n) is 1.47. The number of carbonyl (C=O) groups excluding carboxylic acids is 1. The van der Waals surface area contributed by atoms with Crippen LogP contribution in [0.2, 0.25) is 0 Å². The highest BCUT2D eigenvalue weighted by atomic mass is 79.9. The second-order valence-corrected chi connectivity index (χ2v) is 4.17. The van der Waals surface area contributed by atoms with E-state index in [1.807, 2.05) is 25.1 Å². The molecule has 16 heavy (non-hydrogen) atoms. The largest absolute Gasteiger partial charge is 0.457 e. The van der Waals surface area contributed by atoms with Crippen molar-refractivity contribution in [2.24, 2.45) is 0 Å². The molecule has 0 aliphatic heterocycles. The number of pyridine rings is 1. The van der Waals surface area contributed by atoms with Crippen molar-refractivity contribution in [3.63, 3.8) is 0 Å². The van der Waals surface area contributed by atoms with Crippen LogP contribution in [-0.2, 0) is 0 Å². The summed E-state index contributed by atoms with van der Waals surface area (Å²) in [4.78, 5) is 16.3. The Morgan fingerprint density at radius 3 is 2.81 bits per heavy atom. The van der Waals surface area contributed by atoms with Gasteiger partial charge in [-0.25, -0.2) is 0 Å². The summed E-state index contributed by atoms with van der Waals surface area (Å²) in [6.45, 7) is 1.84. The Labute approximate surface area is 102 Å². The van der Waals surface area contributed by atoms with E-state index in [1.54, 1.807) is 12.3 Å². The van der Waals surface area contributed by atoms with Crippen LogP contribution in [0.25, 0.3) is 0 Å². The van der Waals surface area contributed by atoms with E-state index in [4.69, 9.17) is 4.42 Å². The molecule has 1 atom stereocenters. The van der Waals surface area contributed by atoms with E-state index in [1.165, 1.54) is 6.26 Å². The summed E-state index contributed by atoms with van der Waals surface area (Å²) in [6, 6.07) is 7.20. The molecule has 0 amide bonds. The molecule has 2 aromatic rings. The number of aromatic nitrogens is 1. The molecule has 0 aliphatic rings. The van der Waals surface area contributed by atoms with Gasteiger partial charge in [-0.15, -0.1) is 0 Å². The highest BCUT2D eigenvalue weighted by molar-refractivity contribution is 9.10. The highest BCUT2D eigenvalue weighted by Gasteiger charge is 2.21. The predicted molar refractivity (Wildman–Crippen MR) is 63.4 cm³/mol. The van der Waals surface area contributed by atoms with Crippen molar-refractivity contribution in [3.8, 4) is 0 Å². The number of carbonyl (C=O) groups is 1. The van der Waals surface area contributed by atoms with Gasteiger partial charge in [-0.1, -0.05) is 6.07 Å². The molecule has 82 valence electrons. The zero-order valence-corrected chi connectivity index (χ0v) is 10.3. The molecule has 0 spiro atoms. The van der Waals surface area contributed by atoms with Crippen LogP contribution in [0.1, 0.15) is 28.9 Å². The first kappa shape index (κ1) is 11.1. The SMILES string of the molecule is CC(C(=O)c1ccoc1Br)c1ccccn1. The maximum atomic E-state index is 12.1. The number of furan rings is 1. The summed E-state index contributed by atoms with van der Waals surface area (Å²) in [7, 11) is 0. The number of rotatable bonds is 3. The Hall–Kier alpha value is -1.42. The number of hydrogen-bond donors (Lipinski definition) is 0. The van der Waals surface area contributed by atoms with Gasteiger partial charge in [-0.3, -0.25) is 9.78 Å². The van der Waals surface area contributed by atoms with Gasteiger partial charge in [0.15, 0.2) is 10.5 Å². The van der Waals surface area contributed by atoms with Gasteiger partial charge in [0.1, 0.15) is 0 Å². The number of nitrogens with zero attached hydrogens (tertiary/aromatic N) is 1. The number of halogens is 1. The monoisotopic (exact) mass is 279 g/mol. The fourth-order valence-corrected chi connectivity index (χ4v) is 1.90. The van der Waals surface area contributed by atoms with Crippen molar-refractivity contribution in [3.05, 3.63) is 52.7 Å². The van der Waals surface area contributed by atoms with E-state index in [0.29, 0.717) is 10.2 Å². The molecule has 0 aliphatic carbocycles. The second-order valence-electron chi connectivity index (χ2n) is 3.45. The maximum absolute atomic E-state index is 12.1. The average molecular weight is 280 g/mol. The summed E-state index contributed by atoms with van der Waals surface area (Å²) in [6.07, 6.45) is 3.17. The lowest BCUT2D eigenvalue weighted by Gasteiger charge is -2.08. The maximum Gasteiger partial charge on any atom is 0.179 e. The van der Waals surface area contributed by atoms with Crippen molar-refractivity contribution >= 4 is 21.7 Å². The molecule has 0 saturated carbocycles. The molecule has 0 bridgehead atoms. The van der Waals surface area contributed by atoms with Crippen LogP contribution in [0.4, 0.5) is 0 Å². The lowest BCUT2D eigenvalue weighted by atomic mass is 9.98. The van der Waals surface area contributed by atoms with Gasteiger partial charge in [0.2, 0.25) is 0 Å². The molecule has 4 heteroatoms. The summed E-state index contributed by atoms with van der Waals surface area (Å²) >= 11 is 3.20. The van der Waals surface area contributed by atoms with Crippen molar-refractivity contribution in [1.82, 2.24) is 4.98 Å². The number of Topliss-reactive ketones (excluding diaryl/α,β-unsaturated/α-hetero) is 1. The molecular weight excluding hydrogens is 270 g/mol. The number of ketones is 1. The Morgan fingerprint density at radius 2 is 2.25 bits per heavy atom. The molecule has 2 rings (SSSR count). The average Bonchev–Trinajstić information content (AvgIpc) is 2.75. The van der Waals surface area contributed by atoms with Crippen molar-refractivity contribution < 1.29 is 9.21 Å². The van der Waals surface area contributed by atoms with E-state index in [-0.39, 0.29) is 11.7 Å². The van der Waals surface area contributed by atoms with Gasteiger partial charge in [0, 0.05) is 6.20 Å². The van der Waals surface area contributed by atoms with Crippen molar-refractivity contribution in [2.75, 3.05) is 0 Å². The lowest BCUT2D eigenvalue weighted by Crippen LogP contribution is -2.10. The smallest absolute Gasteiger partial charge is 0.179 e. The third-order valence-corrected chi connectivity index (χ3v) is 3.02. The molecule has 0 saturated heterocycles. The Balaban J connectivity index is 2.27. The quantitative estimate of drug-likeness (QED) is 0.809. The highest BCUT2D eigenvalue weighted by Crippen LogP contribution is 2.24. The lowest BCUT2D eigenvalue weighted by molar-refractivity contribution is 0.0963. The summed E-state index contributed by atoms with van der Waals surface area (Å²) in [5, 5.41) is 0. The second kappa shape index (κ2) is 4.61. The van der Waals surface area contributed by atoms with E-state index in [9.17, 15) is 4.79 Å². The van der Waals surface area contributed by atoms with Gasteiger partial charge in [0.05, 0.1) is 23.4 Å². The zero-order valence-electron chi connectivity index (χ0n) is 8.68. The summed E-state index contributed by atoms with van der Waals surface area (Å²) in [5.41, 5.74) is 1.32.